The fourth-order valence-corrected chi connectivity index (χ4v) is 4.24. The van der Waals surface area contributed by atoms with Gasteiger partial charge in [0.2, 0.25) is 0 Å². The molecule has 2 aliphatic heterocycles. The van der Waals surface area contributed by atoms with Gasteiger partial charge in [-0.05, 0) is 32.9 Å². The number of hydrogen-bond donors (Lipinski definition) is 2. The van der Waals surface area contributed by atoms with Gasteiger partial charge in [-0.15, -0.1) is 0 Å². The second-order valence-corrected chi connectivity index (χ2v) is 9.92. The van der Waals surface area contributed by atoms with E-state index in [0.29, 0.717) is 34.9 Å². The summed E-state index contributed by atoms with van der Waals surface area (Å²) in [5.74, 6) is 0.426. The first kappa shape index (κ1) is 24.3. The second-order valence-electron chi connectivity index (χ2n) is 9.92. The molecule has 3 aromatic rings. The quantitative estimate of drug-likeness (QED) is 0.470. The van der Waals surface area contributed by atoms with E-state index in [-0.39, 0.29) is 36.8 Å². The maximum absolute atomic E-state index is 13.1. The zero-order chi connectivity index (χ0) is 26.2. The normalized spacial score (nSPS) is 19.2. The van der Waals surface area contributed by atoms with Crippen LogP contribution in [0.4, 0.5) is 16.3 Å². The molecule has 1 aromatic carbocycles. The molecule has 0 spiro atoms. The SMILES string of the molecule is CC(C)(C)OC(=O)N1C[C@H]2C[C@@H]1COc1cccc(c1)-c1cnc(N)c(n1)C(=O)Nc1cnccc1O2. The molecule has 0 aliphatic carbocycles. The Morgan fingerprint density at radius 3 is 2.89 bits per heavy atom. The van der Waals surface area contributed by atoms with Crippen LogP contribution >= 0.6 is 0 Å². The summed E-state index contributed by atoms with van der Waals surface area (Å²) in [6.07, 6.45) is 4.24. The lowest BCUT2D eigenvalue weighted by atomic mass is 10.1. The first-order chi connectivity index (χ1) is 17.7. The molecule has 3 N–H and O–H groups in total. The van der Waals surface area contributed by atoms with Gasteiger partial charge in [0.15, 0.2) is 11.5 Å². The highest BCUT2D eigenvalue weighted by Gasteiger charge is 2.39. The summed E-state index contributed by atoms with van der Waals surface area (Å²) in [7, 11) is 0. The number of nitrogens with two attached hydrogens (primary N) is 1. The van der Waals surface area contributed by atoms with Gasteiger partial charge in [0.1, 0.15) is 35.5 Å². The van der Waals surface area contributed by atoms with Crippen LogP contribution in [0, 0.1) is 0 Å². The van der Waals surface area contributed by atoms with Gasteiger partial charge in [0.25, 0.3) is 5.91 Å². The van der Waals surface area contributed by atoms with Crippen LogP contribution in [0.1, 0.15) is 37.7 Å². The van der Waals surface area contributed by atoms with E-state index >= 15 is 0 Å². The second kappa shape index (κ2) is 9.57. The first-order valence-corrected chi connectivity index (χ1v) is 11.9. The number of benzene rings is 1. The Balaban J connectivity index is 1.54. The average molecular weight is 505 g/mol. The Kier molecular flexibility index (Phi) is 6.28. The molecule has 11 heteroatoms. The lowest BCUT2D eigenvalue weighted by molar-refractivity contribution is 0.0176. The van der Waals surface area contributed by atoms with E-state index in [1.165, 1.54) is 12.4 Å². The summed E-state index contributed by atoms with van der Waals surface area (Å²) in [5.41, 5.74) is 6.81. The number of carbonyl (C=O) groups is 2. The van der Waals surface area contributed by atoms with E-state index in [9.17, 15) is 9.59 Å². The minimum Gasteiger partial charge on any atom is -0.491 e. The number of nitrogens with zero attached hydrogens (tertiary/aromatic N) is 4. The van der Waals surface area contributed by atoms with Crippen molar-refractivity contribution in [2.75, 3.05) is 24.2 Å². The third-order valence-corrected chi connectivity index (χ3v) is 5.92. The topological polar surface area (TPSA) is 142 Å². The van der Waals surface area contributed by atoms with Gasteiger partial charge in [-0.1, -0.05) is 12.1 Å². The number of aromatic nitrogens is 3. The highest BCUT2D eigenvalue weighted by atomic mass is 16.6. The van der Waals surface area contributed by atoms with Gasteiger partial charge >= 0.3 is 6.09 Å². The molecule has 2 aromatic heterocycles. The molecule has 1 fully saturated rings. The molecule has 2 atom stereocenters. The van der Waals surface area contributed by atoms with Crippen LogP contribution in [-0.2, 0) is 4.74 Å². The standard InChI is InChI=1S/C26H28N6O5/c1-26(2,3)37-25(34)32-13-18-10-16(32)14-35-17-6-4-5-15(9-17)19-12-29-23(27)22(30-19)24(33)31-20-11-28-8-7-21(20)36-18/h4-9,11-12,16,18H,10,13-14H2,1-3H3,(H2,27,29)(H,31,33)/t16-,18-/m1/s1. The summed E-state index contributed by atoms with van der Waals surface area (Å²) in [5, 5.41) is 2.78. The van der Waals surface area contributed by atoms with Gasteiger partial charge < -0.3 is 25.3 Å². The molecular formula is C26H28N6O5. The molecule has 6 bridgehead atoms. The van der Waals surface area contributed by atoms with Crippen molar-refractivity contribution in [2.24, 2.45) is 0 Å². The largest absolute Gasteiger partial charge is 0.491 e. The number of likely N-dealkylation sites (tertiary alicyclic amines) is 1. The highest BCUT2D eigenvalue weighted by molar-refractivity contribution is 6.06. The van der Waals surface area contributed by atoms with Crippen LogP contribution in [0.5, 0.6) is 11.5 Å². The summed E-state index contributed by atoms with van der Waals surface area (Å²) in [6, 6.07) is 8.63. The molecule has 0 unspecified atom stereocenters. The smallest absolute Gasteiger partial charge is 0.410 e. The molecule has 2 aliphatic rings. The number of hydrogen-bond acceptors (Lipinski definition) is 9. The number of anilines is 2. The number of amides is 2. The third-order valence-electron chi connectivity index (χ3n) is 5.92. The summed E-state index contributed by atoms with van der Waals surface area (Å²) >= 11 is 0. The van der Waals surface area contributed by atoms with Crippen molar-refractivity contribution in [3.05, 3.63) is 54.6 Å². The summed E-state index contributed by atoms with van der Waals surface area (Å²) in [4.78, 5) is 40.5. The van der Waals surface area contributed by atoms with Gasteiger partial charge in [-0.3, -0.25) is 14.7 Å². The van der Waals surface area contributed by atoms with Crippen molar-refractivity contribution in [1.82, 2.24) is 19.9 Å². The van der Waals surface area contributed by atoms with Crippen molar-refractivity contribution in [1.29, 1.82) is 0 Å². The molecule has 2 amide bonds. The van der Waals surface area contributed by atoms with Crippen LogP contribution in [0.2, 0.25) is 0 Å². The summed E-state index contributed by atoms with van der Waals surface area (Å²) < 4.78 is 18.0. The highest BCUT2D eigenvalue weighted by Crippen LogP contribution is 2.31. The van der Waals surface area contributed by atoms with Crippen molar-refractivity contribution in [2.45, 2.75) is 44.9 Å². The number of nitrogens with one attached hydrogen (secondary N) is 1. The predicted octanol–water partition coefficient (Wildman–Crippen LogP) is 3.52. The van der Waals surface area contributed by atoms with Crippen LogP contribution in [0.3, 0.4) is 0 Å². The maximum atomic E-state index is 13.1. The third kappa shape index (κ3) is 5.40. The van der Waals surface area contributed by atoms with E-state index in [4.69, 9.17) is 19.9 Å². The number of ether oxygens (including phenoxy) is 3. The van der Waals surface area contributed by atoms with Gasteiger partial charge in [-0.2, -0.15) is 0 Å². The van der Waals surface area contributed by atoms with Crippen molar-refractivity contribution < 1.29 is 23.8 Å². The zero-order valence-electron chi connectivity index (χ0n) is 20.8. The number of rotatable bonds is 0. The number of pyridine rings is 1. The fourth-order valence-electron chi connectivity index (χ4n) is 4.24. The predicted molar refractivity (Wildman–Crippen MR) is 135 cm³/mol. The maximum Gasteiger partial charge on any atom is 0.410 e. The van der Waals surface area contributed by atoms with Crippen LogP contribution in [0.25, 0.3) is 11.3 Å². The molecule has 11 nitrogen and oxygen atoms in total. The minimum atomic E-state index is -0.649. The van der Waals surface area contributed by atoms with Crippen LogP contribution in [0.15, 0.2) is 48.9 Å². The molecule has 5 rings (SSSR count). The Hall–Kier alpha value is -4.41. The van der Waals surface area contributed by atoms with Crippen LogP contribution < -0.4 is 20.5 Å². The monoisotopic (exact) mass is 504 g/mol. The Bertz CT molecular complexity index is 1340. The van der Waals surface area contributed by atoms with Crippen molar-refractivity contribution in [3.8, 4) is 22.8 Å². The van der Waals surface area contributed by atoms with Gasteiger partial charge in [0, 0.05) is 24.2 Å². The number of nitrogen functional groups attached to an aromatic ring is 1. The van der Waals surface area contributed by atoms with Gasteiger partial charge in [-0.25, -0.2) is 14.8 Å². The zero-order valence-corrected chi connectivity index (χ0v) is 20.8. The van der Waals surface area contributed by atoms with E-state index in [2.05, 4.69) is 20.3 Å². The molecule has 4 heterocycles. The molecule has 0 radical (unpaired) electrons. The van der Waals surface area contributed by atoms with E-state index in [1.54, 1.807) is 23.2 Å². The van der Waals surface area contributed by atoms with E-state index < -0.39 is 17.6 Å². The van der Waals surface area contributed by atoms with E-state index in [0.717, 1.165) is 0 Å². The Morgan fingerprint density at radius 2 is 2.08 bits per heavy atom. The lowest BCUT2D eigenvalue weighted by Gasteiger charge is -2.28. The number of carbonyl (C=O) groups excluding carboxylic acids is 2. The van der Waals surface area contributed by atoms with Gasteiger partial charge in [0.05, 0.1) is 30.7 Å². The Labute approximate surface area is 214 Å². The van der Waals surface area contributed by atoms with E-state index in [1.807, 2.05) is 39.0 Å². The van der Waals surface area contributed by atoms with Crippen molar-refractivity contribution >= 4 is 23.5 Å². The average Bonchev–Trinajstić information content (AvgIpc) is 3.26. The lowest BCUT2D eigenvalue weighted by Crippen LogP contribution is -2.42. The summed E-state index contributed by atoms with van der Waals surface area (Å²) in [6.45, 7) is 6.00. The minimum absolute atomic E-state index is 0.00670. The molecule has 1 saturated heterocycles. The Morgan fingerprint density at radius 1 is 1.24 bits per heavy atom. The fraction of sp³-hybridized carbons (Fsp3) is 0.346. The molecular weight excluding hydrogens is 476 g/mol. The molecule has 37 heavy (non-hydrogen) atoms. The molecule has 0 saturated carbocycles. The first-order valence-electron chi connectivity index (χ1n) is 11.9. The van der Waals surface area contributed by atoms with Crippen LogP contribution in [-0.4, -0.2) is 62.8 Å². The van der Waals surface area contributed by atoms with Crippen molar-refractivity contribution in [3.63, 3.8) is 0 Å². The number of fused-ring (bicyclic) bond motifs is 8. The molecule has 192 valence electrons.